The molecule has 3 rings (SSSR count). The number of carboxylic acid groups (broad SMARTS) is 1. The van der Waals surface area contributed by atoms with Gasteiger partial charge in [0, 0.05) is 29.9 Å². The highest BCUT2D eigenvalue weighted by Gasteiger charge is 2.46. The normalized spacial score (nSPS) is 26.8. The molecule has 0 bridgehead atoms. The van der Waals surface area contributed by atoms with E-state index in [1.807, 2.05) is 17.0 Å². The average Bonchev–Trinajstić information content (AvgIpc) is 3.34. The number of carboxylic acids is 1. The second-order valence-electron chi connectivity index (χ2n) is 6.73. The van der Waals surface area contributed by atoms with Crippen molar-refractivity contribution >= 4 is 27.8 Å². The third-order valence-corrected chi connectivity index (χ3v) is 5.53. The van der Waals surface area contributed by atoms with Gasteiger partial charge in [0.25, 0.3) is 0 Å². The number of aliphatic carboxylic acids is 1. The minimum Gasteiger partial charge on any atom is -0.481 e. The lowest BCUT2D eigenvalue weighted by molar-refractivity contribution is -0.137. The van der Waals surface area contributed by atoms with Crippen LogP contribution in [0.2, 0.25) is 0 Å². The van der Waals surface area contributed by atoms with Crippen LogP contribution in [-0.2, 0) is 9.59 Å². The van der Waals surface area contributed by atoms with E-state index in [-0.39, 0.29) is 18.2 Å². The Bertz CT molecular complexity index is 586. The standard InChI is InChI=1S/C18H22BrNO3/c19-14-6-4-13(5-7-14)15-10-16(15)18(23)20-9-1-2-12(11-20)3-8-17(21)22/h4-7,12,15-16H,1-3,8-11H2,(H,21,22)/t12-,15-,16+/m0/s1. The minimum atomic E-state index is -0.744. The molecule has 3 atom stereocenters. The van der Waals surface area contributed by atoms with E-state index in [1.165, 1.54) is 5.56 Å². The zero-order valence-corrected chi connectivity index (χ0v) is 14.7. The zero-order valence-electron chi connectivity index (χ0n) is 13.1. The molecule has 1 N–H and O–H groups in total. The Balaban J connectivity index is 1.54. The number of piperidine rings is 1. The number of rotatable bonds is 5. The first-order valence-electron chi connectivity index (χ1n) is 8.30. The molecule has 1 aromatic rings. The van der Waals surface area contributed by atoms with Crippen molar-refractivity contribution in [2.75, 3.05) is 13.1 Å². The molecule has 1 heterocycles. The molecule has 1 amide bonds. The monoisotopic (exact) mass is 379 g/mol. The van der Waals surface area contributed by atoms with Gasteiger partial charge in [0.2, 0.25) is 5.91 Å². The molecular weight excluding hydrogens is 358 g/mol. The number of carbonyl (C=O) groups excluding carboxylic acids is 1. The number of halogens is 1. The fourth-order valence-electron chi connectivity index (χ4n) is 3.61. The lowest BCUT2D eigenvalue weighted by atomic mass is 9.93. The highest BCUT2D eigenvalue weighted by molar-refractivity contribution is 9.10. The van der Waals surface area contributed by atoms with Crippen LogP contribution >= 0.6 is 15.9 Å². The number of nitrogens with zero attached hydrogens (tertiary/aromatic N) is 1. The quantitative estimate of drug-likeness (QED) is 0.848. The first-order valence-corrected chi connectivity index (χ1v) is 9.10. The van der Waals surface area contributed by atoms with Crippen LogP contribution in [-0.4, -0.2) is 35.0 Å². The first kappa shape index (κ1) is 16.5. The molecule has 2 fully saturated rings. The molecule has 0 unspecified atom stereocenters. The van der Waals surface area contributed by atoms with E-state index >= 15 is 0 Å². The smallest absolute Gasteiger partial charge is 0.303 e. The molecule has 1 aromatic carbocycles. The number of benzene rings is 1. The zero-order chi connectivity index (χ0) is 16.4. The van der Waals surface area contributed by atoms with Gasteiger partial charge in [-0.3, -0.25) is 9.59 Å². The summed E-state index contributed by atoms with van der Waals surface area (Å²) >= 11 is 3.44. The average molecular weight is 380 g/mol. The Labute approximate surface area is 145 Å². The van der Waals surface area contributed by atoms with Crippen molar-refractivity contribution in [3.63, 3.8) is 0 Å². The maximum atomic E-state index is 12.7. The van der Waals surface area contributed by atoms with E-state index in [2.05, 4.69) is 28.1 Å². The summed E-state index contributed by atoms with van der Waals surface area (Å²) in [5, 5.41) is 8.81. The molecule has 1 saturated heterocycles. The van der Waals surface area contributed by atoms with Gasteiger partial charge in [-0.15, -0.1) is 0 Å². The Morgan fingerprint density at radius 1 is 1.26 bits per heavy atom. The molecule has 2 aliphatic rings. The molecule has 5 heteroatoms. The lowest BCUT2D eigenvalue weighted by Crippen LogP contribution is -2.41. The molecule has 1 saturated carbocycles. The summed E-state index contributed by atoms with van der Waals surface area (Å²) in [6.45, 7) is 1.56. The van der Waals surface area contributed by atoms with Crippen LogP contribution in [0, 0.1) is 11.8 Å². The maximum absolute atomic E-state index is 12.7. The third-order valence-electron chi connectivity index (χ3n) is 5.00. The summed E-state index contributed by atoms with van der Waals surface area (Å²) in [6.07, 6.45) is 3.86. The van der Waals surface area contributed by atoms with Crippen LogP contribution in [0.4, 0.5) is 0 Å². The number of carbonyl (C=O) groups is 2. The Hall–Kier alpha value is -1.36. The van der Waals surface area contributed by atoms with Gasteiger partial charge in [0.05, 0.1) is 0 Å². The van der Waals surface area contributed by atoms with Crippen molar-refractivity contribution in [2.24, 2.45) is 11.8 Å². The van der Waals surface area contributed by atoms with E-state index in [4.69, 9.17) is 5.11 Å². The molecular formula is C18H22BrNO3. The molecule has 1 aliphatic heterocycles. The predicted molar refractivity (Wildman–Crippen MR) is 91.2 cm³/mol. The van der Waals surface area contributed by atoms with Crippen molar-refractivity contribution < 1.29 is 14.7 Å². The van der Waals surface area contributed by atoms with Crippen LogP contribution < -0.4 is 0 Å². The van der Waals surface area contributed by atoms with E-state index < -0.39 is 5.97 Å². The van der Waals surface area contributed by atoms with Gasteiger partial charge in [-0.2, -0.15) is 0 Å². The number of hydrogen-bond donors (Lipinski definition) is 1. The topological polar surface area (TPSA) is 57.6 Å². The Morgan fingerprint density at radius 3 is 2.70 bits per heavy atom. The van der Waals surface area contributed by atoms with E-state index in [1.54, 1.807) is 0 Å². The van der Waals surface area contributed by atoms with E-state index in [0.717, 1.165) is 36.8 Å². The Kier molecular flexibility index (Phi) is 5.05. The molecule has 1 aliphatic carbocycles. The molecule has 0 aromatic heterocycles. The van der Waals surface area contributed by atoms with Crippen molar-refractivity contribution in [2.45, 2.75) is 38.0 Å². The number of amides is 1. The maximum Gasteiger partial charge on any atom is 0.303 e. The summed E-state index contributed by atoms with van der Waals surface area (Å²) in [5.41, 5.74) is 1.24. The third kappa shape index (κ3) is 4.14. The van der Waals surface area contributed by atoms with Crippen molar-refractivity contribution in [3.05, 3.63) is 34.3 Å². The van der Waals surface area contributed by atoms with Crippen LogP contribution in [0.25, 0.3) is 0 Å². The number of likely N-dealkylation sites (tertiary alicyclic amines) is 1. The van der Waals surface area contributed by atoms with Crippen molar-refractivity contribution in [1.29, 1.82) is 0 Å². The van der Waals surface area contributed by atoms with Crippen LogP contribution in [0.15, 0.2) is 28.7 Å². The summed E-state index contributed by atoms with van der Waals surface area (Å²) in [5.74, 6) is 0.335. The summed E-state index contributed by atoms with van der Waals surface area (Å²) < 4.78 is 1.06. The van der Waals surface area contributed by atoms with Crippen LogP contribution in [0.1, 0.15) is 43.6 Å². The predicted octanol–water partition coefficient (Wildman–Crippen LogP) is 3.66. The van der Waals surface area contributed by atoms with Crippen LogP contribution in [0.3, 0.4) is 0 Å². The summed E-state index contributed by atoms with van der Waals surface area (Å²) in [6, 6.07) is 8.23. The van der Waals surface area contributed by atoms with Crippen molar-refractivity contribution in [1.82, 2.24) is 4.90 Å². The van der Waals surface area contributed by atoms with Gasteiger partial charge in [-0.1, -0.05) is 28.1 Å². The fraction of sp³-hybridized carbons (Fsp3) is 0.556. The molecule has 0 radical (unpaired) electrons. The molecule has 4 nitrogen and oxygen atoms in total. The van der Waals surface area contributed by atoms with Gasteiger partial charge >= 0.3 is 5.97 Å². The fourth-order valence-corrected chi connectivity index (χ4v) is 3.87. The van der Waals surface area contributed by atoms with Gasteiger partial charge in [-0.25, -0.2) is 0 Å². The second-order valence-corrected chi connectivity index (χ2v) is 7.64. The number of hydrogen-bond acceptors (Lipinski definition) is 2. The van der Waals surface area contributed by atoms with Crippen molar-refractivity contribution in [3.8, 4) is 0 Å². The summed E-state index contributed by atoms with van der Waals surface area (Å²) in [4.78, 5) is 25.4. The van der Waals surface area contributed by atoms with Gasteiger partial charge < -0.3 is 10.0 Å². The Morgan fingerprint density at radius 2 is 2.00 bits per heavy atom. The molecule has 124 valence electrons. The molecule has 23 heavy (non-hydrogen) atoms. The second kappa shape index (κ2) is 7.04. The highest BCUT2D eigenvalue weighted by Crippen LogP contribution is 2.49. The SMILES string of the molecule is O=C(O)CC[C@@H]1CCCN(C(=O)[C@@H]2C[C@H]2c2ccc(Br)cc2)C1. The van der Waals surface area contributed by atoms with Gasteiger partial charge in [-0.05, 0) is 55.2 Å². The largest absolute Gasteiger partial charge is 0.481 e. The lowest BCUT2D eigenvalue weighted by Gasteiger charge is -2.33. The van der Waals surface area contributed by atoms with Gasteiger partial charge in [0.15, 0.2) is 0 Å². The first-order chi connectivity index (χ1) is 11.0. The van der Waals surface area contributed by atoms with E-state index in [9.17, 15) is 9.59 Å². The highest BCUT2D eigenvalue weighted by atomic mass is 79.9. The van der Waals surface area contributed by atoms with Gasteiger partial charge in [0.1, 0.15) is 0 Å². The van der Waals surface area contributed by atoms with Crippen LogP contribution in [0.5, 0.6) is 0 Å². The van der Waals surface area contributed by atoms with E-state index in [0.29, 0.717) is 18.3 Å². The molecule has 0 spiro atoms. The minimum absolute atomic E-state index is 0.120. The summed E-state index contributed by atoms with van der Waals surface area (Å²) in [7, 11) is 0.